The van der Waals surface area contributed by atoms with E-state index in [9.17, 15) is 4.79 Å². The van der Waals surface area contributed by atoms with Gasteiger partial charge in [0.05, 0.1) is 0 Å². The number of aromatic nitrogens is 2. The average Bonchev–Trinajstić information content (AvgIpc) is 2.70. The zero-order chi connectivity index (χ0) is 10.9. The van der Waals surface area contributed by atoms with Crippen LogP contribution in [0.25, 0.3) is 0 Å². The Kier molecular flexibility index (Phi) is 6.34. The van der Waals surface area contributed by atoms with E-state index < -0.39 is 0 Å². The first kappa shape index (κ1) is 12.4. The van der Waals surface area contributed by atoms with Gasteiger partial charge in [-0.05, 0) is 12.2 Å². The molecule has 0 fully saturated rings. The van der Waals surface area contributed by atoms with Crippen LogP contribution in [0.2, 0.25) is 0 Å². The van der Waals surface area contributed by atoms with Gasteiger partial charge in [-0.3, -0.25) is 4.79 Å². The van der Waals surface area contributed by atoms with Crippen molar-refractivity contribution < 1.29 is 4.79 Å². The van der Waals surface area contributed by atoms with Crippen LogP contribution < -0.4 is 5.32 Å². The summed E-state index contributed by atoms with van der Waals surface area (Å²) in [5, 5.41) is 10.7. The fraction of sp³-hybridized carbons (Fsp3) is 0.667. The number of hydrogen-bond acceptors (Lipinski definition) is 5. The fourth-order valence-corrected chi connectivity index (χ4v) is 2.41. The van der Waals surface area contributed by atoms with E-state index in [1.54, 1.807) is 5.51 Å². The lowest BCUT2D eigenvalue weighted by atomic mass is 10.4. The van der Waals surface area contributed by atoms with E-state index in [2.05, 4.69) is 22.4 Å². The molecule has 0 aromatic carbocycles. The number of amides is 1. The summed E-state index contributed by atoms with van der Waals surface area (Å²) in [6.45, 7) is 2.17. The van der Waals surface area contributed by atoms with Gasteiger partial charge in [0.25, 0.3) is 0 Å². The maximum Gasteiger partial charge on any atom is 0.227 e. The highest BCUT2D eigenvalue weighted by Gasteiger charge is 2.03. The molecule has 0 saturated carbocycles. The van der Waals surface area contributed by atoms with Gasteiger partial charge in [-0.15, -0.1) is 10.2 Å². The molecule has 1 aromatic rings. The number of nitrogens with one attached hydrogen (secondary N) is 1. The zero-order valence-electron chi connectivity index (χ0n) is 8.73. The molecule has 4 nitrogen and oxygen atoms in total. The van der Waals surface area contributed by atoms with Gasteiger partial charge in [-0.2, -0.15) is 11.8 Å². The maximum absolute atomic E-state index is 11.4. The quantitative estimate of drug-likeness (QED) is 0.749. The minimum Gasteiger partial charge on any atom is -0.301 e. The molecule has 0 saturated heterocycles. The van der Waals surface area contributed by atoms with Crippen LogP contribution in [0.5, 0.6) is 0 Å². The third-order valence-corrected chi connectivity index (χ3v) is 3.40. The van der Waals surface area contributed by atoms with Crippen molar-refractivity contribution in [1.29, 1.82) is 0 Å². The molecule has 1 rings (SSSR count). The molecule has 0 radical (unpaired) electrons. The summed E-state index contributed by atoms with van der Waals surface area (Å²) >= 11 is 3.16. The molecule has 6 heteroatoms. The zero-order valence-corrected chi connectivity index (χ0v) is 10.4. The van der Waals surface area contributed by atoms with Gasteiger partial charge >= 0.3 is 0 Å². The Bertz CT molecular complexity index is 277. The van der Waals surface area contributed by atoms with E-state index in [-0.39, 0.29) is 5.91 Å². The Morgan fingerprint density at radius 3 is 3.13 bits per heavy atom. The van der Waals surface area contributed by atoms with Gasteiger partial charge in [-0.25, -0.2) is 0 Å². The molecule has 84 valence electrons. The smallest absolute Gasteiger partial charge is 0.227 e. The number of carbonyl (C=O) groups excluding carboxylic acids is 1. The normalized spacial score (nSPS) is 10.2. The number of nitrogens with zero attached hydrogens (tertiary/aromatic N) is 2. The van der Waals surface area contributed by atoms with Crippen molar-refractivity contribution in [3.63, 3.8) is 0 Å². The molecule has 15 heavy (non-hydrogen) atoms. The molecule has 1 amide bonds. The Balaban J connectivity index is 2.04. The fourth-order valence-electron chi connectivity index (χ4n) is 0.923. The molecule has 1 heterocycles. The first-order valence-corrected chi connectivity index (χ1v) is 7.00. The molecule has 0 bridgehead atoms. The van der Waals surface area contributed by atoms with Gasteiger partial charge < -0.3 is 5.32 Å². The number of hydrogen-bond donors (Lipinski definition) is 1. The second-order valence-electron chi connectivity index (χ2n) is 3.01. The highest BCUT2D eigenvalue weighted by molar-refractivity contribution is 7.99. The van der Waals surface area contributed by atoms with Gasteiger partial charge in [-0.1, -0.05) is 24.7 Å². The molecule has 0 aliphatic carbocycles. The lowest BCUT2D eigenvalue weighted by Gasteiger charge is -2.00. The lowest BCUT2D eigenvalue weighted by molar-refractivity contribution is -0.115. The second kappa shape index (κ2) is 7.64. The first-order valence-electron chi connectivity index (χ1n) is 4.96. The monoisotopic (exact) mass is 245 g/mol. The van der Waals surface area contributed by atoms with Crippen LogP contribution in [0.15, 0.2) is 5.51 Å². The van der Waals surface area contributed by atoms with Crippen LogP contribution in [0.4, 0.5) is 5.13 Å². The summed E-state index contributed by atoms with van der Waals surface area (Å²) in [5.41, 5.74) is 1.60. The average molecular weight is 245 g/mol. The summed E-state index contributed by atoms with van der Waals surface area (Å²) in [4.78, 5) is 11.4. The van der Waals surface area contributed by atoms with E-state index >= 15 is 0 Å². The Hall–Kier alpha value is -0.620. The summed E-state index contributed by atoms with van der Waals surface area (Å²) in [6, 6.07) is 0. The first-order chi connectivity index (χ1) is 7.33. The molecule has 1 N–H and O–H groups in total. The van der Waals surface area contributed by atoms with E-state index in [0.717, 1.165) is 11.5 Å². The van der Waals surface area contributed by atoms with E-state index in [1.807, 2.05) is 11.8 Å². The second-order valence-corrected chi connectivity index (χ2v) is 5.07. The lowest BCUT2D eigenvalue weighted by Crippen LogP contribution is -2.12. The Morgan fingerprint density at radius 1 is 1.60 bits per heavy atom. The van der Waals surface area contributed by atoms with Crippen LogP contribution in [0, 0.1) is 0 Å². The van der Waals surface area contributed by atoms with Crippen molar-refractivity contribution in [1.82, 2.24) is 10.2 Å². The standard InChI is InChI=1S/C9H15N3OS2/c1-2-3-5-14-6-4-8(13)11-9-12-10-7-15-9/h7H,2-6H2,1H3,(H,11,12,13). The van der Waals surface area contributed by atoms with Gasteiger partial charge in [0.15, 0.2) is 0 Å². The topological polar surface area (TPSA) is 54.9 Å². The Labute approximate surface area is 97.9 Å². The molecule has 0 atom stereocenters. The van der Waals surface area contributed by atoms with Crippen molar-refractivity contribution in [3.8, 4) is 0 Å². The number of carbonyl (C=O) groups is 1. The summed E-state index contributed by atoms with van der Waals surface area (Å²) in [5.74, 6) is 2.04. The van der Waals surface area contributed by atoms with Crippen molar-refractivity contribution in [2.75, 3.05) is 16.8 Å². The summed E-state index contributed by atoms with van der Waals surface area (Å²) in [6.07, 6.45) is 2.99. The molecule has 0 unspecified atom stereocenters. The van der Waals surface area contributed by atoms with Crippen LogP contribution in [-0.4, -0.2) is 27.6 Å². The molecule has 0 aliphatic rings. The molecule has 0 spiro atoms. The summed E-state index contributed by atoms with van der Waals surface area (Å²) < 4.78 is 0. The van der Waals surface area contributed by atoms with Crippen LogP contribution >= 0.6 is 23.1 Å². The van der Waals surface area contributed by atoms with Crippen LogP contribution in [0.3, 0.4) is 0 Å². The van der Waals surface area contributed by atoms with Gasteiger partial charge in [0, 0.05) is 12.2 Å². The SMILES string of the molecule is CCCCSCCC(=O)Nc1nncs1. The number of anilines is 1. The van der Waals surface area contributed by atoms with Crippen LogP contribution in [0.1, 0.15) is 26.2 Å². The highest BCUT2D eigenvalue weighted by Crippen LogP contribution is 2.10. The number of rotatable bonds is 7. The minimum absolute atomic E-state index is 0.0238. The van der Waals surface area contributed by atoms with E-state index in [1.165, 1.54) is 24.2 Å². The third kappa shape index (κ3) is 5.74. The summed E-state index contributed by atoms with van der Waals surface area (Å²) in [7, 11) is 0. The predicted molar refractivity (Wildman–Crippen MR) is 65.4 cm³/mol. The van der Waals surface area contributed by atoms with Crippen molar-refractivity contribution in [2.24, 2.45) is 0 Å². The molecular formula is C9H15N3OS2. The third-order valence-electron chi connectivity index (χ3n) is 1.72. The molecule has 1 aromatic heterocycles. The molecule has 0 aliphatic heterocycles. The predicted octanol–water partition coefficient (Wildman–Crippen LogP) is 2.40. The van der Waals surface area contributed by atoms with Crippen molar-refractivity contribution >= 4 is 34.1 Å². The number of unbranched alkanes of at least 4 members (excludes halogenated alkanes) is 1. The molecular weight excluding hydrogens is 230 g/mol. The largest absolute Gasteiger partial charge is 0.301 e. The van der Waals surface area contributed by atoms with Crippen LogP contribution in [-0.2, 0) is 4.79 Å². The van der Waals surface area contributed by atoms with Crippen molar-refractivity contribution in [2.45, 2.75) is 26.2 Å². The van der Waals surface area contributed by atoms with Gasteiger partial charge in [0.1, 0.15) is 5.51 Å². The Morgan fingerprint density at radius 2 is 2.47 bits per heavy atom. The van der Waals surface area contributed by atoms with E-state index in [4.69, 9.17) is 0 Å². The van der Waals surface area contributed by atoms with Crippen molar-refractivity contribution in [3.05, 3.63) is 5.51 Å². The van der Waals surface area contributed by atoms with Gasteiger partial charge in [0.2, 0.25) is 11.0 Å². The minimum atomic E-state index is 0.0238. The number of thioether (sulfide) groups is 1. The van der Waals surface area contributed by atoms with E-state index in [0.29, 0.717) is 11.6 Å². The highest BCUT2D eigenvalue weighted by atomic mass is 32.2. The maximum atomic E-state index is 11.4.